The van der Waals surface area contributed by atoms with E-state index in [1.54, 1.807) is 13.0 Å². The number of amides is 1. The summed E-state index contributed by atoms with van der Waals surface area (Å²) >= 11 is 0. The summed E-state index contributed by atoms with van der Waals surface area (Å²) in [6.45, 7) is 5.12. The van der Waals surface area contributed by atoms with Crippen LogP contribution < -0.4 is 16.0 Å². The van der Waals surface area contributed by atoms with Crippen LogP contribution in [0.25, 0.3) is 0 Å². The molecule has 0 saturated heterocycles. The highest BCUT2D eigenvalue weighted by Gasteiger charge is 2.18. The zero-order chi connectivity index (χ0) is 15.9. The fourth-order valence-corrected chi connectivity index (χ4v) is 2.42. The molecule has 0 fully saturated rings. The van der Waals surface area contributed by atoms with Crippen LogP contribution in [0.3, 0.4) is 0 Å². The minimum absolute atomic E-state index is 0.0296. The maximum atomic E-state index is 12.1. The minimum Gasteiger partial charge on any atom is -0.324 e. The zero-order valence-electron chi connectivity index (χ0n) is 11.5. The van der Waals surface area contributed by atoms with Crippen molar-refractivity contribution in [3.8, 4) is 0 Å². The van der Waals surface area contributed by atoms with Crippen LogP contribution in [-0.2, 0) is 14.8 Å². The van der Waals surface area contributed by atoms with Crippen molar-refractivity contribution in [1.82, 2.24) is 4.72 Å². The Labute approximate surface area is 124 Å². The number of carbonyl (C=O) groups excluding carboxylic acids is 1. The lowest BCUT2D eigenvalue weighted by atomic mass is 10.2. The average molecular weight is 307 g/mol. The van der Waals surface area contributed by atoms with E-state index < -0.39 is 15.9 Å². The first-order chi connectivity index (χ1) is 9.94. The maximum Gasteiger partial charge on any atom is 0.264 e. The third-order valence-corrected chi connectivity index (χ3v) is 3.89. The number of allylic oxidation sites excluding steroid dienone is 3. The third kappa shape index (κ3) is 4.59. The number of hydrazine groups is 1. The van der Waals surface area contributed by atoms with Gasteiger partial charge in [0.05, 0.1) is 4.90 Å². The second kappa shape index (κ2) is 7.41. The van der Waals surface area contributed by atoms with Gasteiger partial charge in [0.25, 0.3) is 15.9 Å². The van der Waals surface area contributed by atoms with Crippen LogP contribution in [0.5, 0.6) is 0 Å². The standard InChI is InChI=1S/C14H17N3O3S/c1-3-5-6-11(4-2)14(18)17-21(19,20)13-9-7-12(16-15)8-10-13/h3-10,16H,1,15H2,2H3,(H,17,18)/b6-5-,11-4+. The Morgan fingerprint density at radius 2 is 1.90 bits per heavy atom. The van der Waals surface area contributed by atoms with E-state index in [1.165, 1.54) is 42.5 Å². The van der Waals surface area contributed by atoms with Crippen LogP contribution >= 0.6 is 0 Å². The van der Waals surface area contributed by atoms with Gasteiger partial charge in [-0.15, -0.1) is 0 Å². The number of carbonyl (C=O) groups is 1. The molecule has 4 N–H and O–H groups in total. The number of nitrogens with one attached hydrogen (secondary N) is 2. The molecule has 0 bridgehead atoms. The lowest BCUT2D eigenvalue weighted by Crippen LogP contribution is -2.31. The van der Waals surface area contributed by atoms with Gasteiger partial charge in [-0.3, -0.25) is 10.6 Å². The highest BCUT2D eigenvalue weighted by molar-refractivity contribution is 7.90. The Bertz CT molecular complexity index is 674. The Hall–Kier alpha value is -2.38. The molecule has 0 atom stereocenters. The van der Waals surface area contributed by atoms with Crippen LogP contribution in [0.4, 0.5) is 5.69 Å². The van der Waals surface area contributed by atoms with Crippen molar-refractivity contribution in [3.63, 3.8) is 0 Å². The normalized spacial score (nSPS) is 12.2. The van der Waals surface area contributed by atoms with Crippen LogP contribution in [0, 0.1) is 0 Å². The molecule has 21 heavy (non-hydrogen) atoms. The smallest absolute Gasteiger partial charge is 0.264 e. The first-order valence-corrected chi connectivity index (χ1v) is 7.52. The molecule has 0 aliphatic carbocycles. The molecule has 0 saturated carbocycles. The molecule has 0 aliphatic rings. The monoisotopic (exact) mass is 307 g/mol. The number of benzene rings is 1. The lowest BCUT2D eigenvalue weighted by Gasteiger charge is -2.08. The van der Waals surface area contributed by atoms with Gasteiger partial charge in [0.1, 0.15) is 0 Å². The quantitative estimate of drug-likeness (QED) is 0.320. The first kappa shape index (κ1) is 16.7. The van der Waals surface area contributed by atoms with Gasteiger partial charge < -0.3 is 5.43 Å². The van der Waals surface area contributed by atoms with Crippen LogP contribution in [0.15, 0.2) is 65.6 Å². The van der Waals surface area contributed by atoms with Gasteiger partial charge in [-0.2, -0.15) is 0 Å². The first-order valence-electron chi connectivity index (χ1n) is 6.04. The van der Waals surface area contributed by atoms with E-state index in [0.29, 0.717) is 5.69 Å². The molecule has 0 unspecified atom stereocenters. The van der Waals surface area contributed by atoms with E-state index in [0.717, 1.165) is 0 Å². The molecule has 1 aromatic carbocycles. The largest absolute Gasteiger partial charge is 0.324 e. The topological polar surface area (TPSA) is 101 Å². The van der Waals surface area contributed by atoms with Crippen molar-refractivity contribution < 1.29 is 13.2 Å². The number of nitrogen functional groups attached to an aromatic ring is 1. The summed E-state index contributed by atoms with van der Waals surface area (Å²) in [5.74, 6) is 4.49. The maximum absolute atomic E-state index is 12.1. The number of hydrogen-bond donors (Lipinski definition) is 3. The fourth-order valence-electron chi connectivity index (χ4n) is 1.44. The molecule has 0 aliphatic heterocycles. The highest BCUT2D eigenvalue weighted by atomic mass is 32.2. The summed E-state index contributed by atoms with van der Waals surface area (Å²) < 4.78 is 26.2. The molecule has 1 amide bonds. The minimum atomic E-state index is -3.93. The Morgan fingerprint density at radius 1 is 1.29 bits per heavy atom. The third-order valence-electron chi connectivity index (χ3n) is 2.54. The van der Waals surface area contributed by atoms with Crippen molar-refractivity contribution in [3.05, 3.63) is 60.7 Å². The molecule has 1 rings (SSSR count). The highest BCUT2D eigenvalue weighted by Crippen LogP contribution is 2.13. The van der Waals surface area contributed by atoms with Gasteiger partial charge in [0, 0.05) is 11.3 Å². The van der Waals surface area contributed by atoms with E-state index in [4.69, 9.17) is 5.84 Å². The van der Waals surface area contributed by atoms with E-state index in [-0.39, 0.29) is 10.5 Å². The van der Waals surface area contributed by atoms with Gasteiger partial charge >= 0.3 is 0 Å². The number of hydrogen-bond acceptors (Lipinski definition) is 5. The van der Waals surface area contributed by atoms with Crippen LogP contribution in [-0.4, -0.2) is 14.3 Å². The van der Waals surface area contributed by atoms with E-state index in [2.05, 4.69) is 12.0 Å². The van der Waals surface area contributed by atoms with Gasteiger partial charge in [-0.25, -0.2) is 13.1 Å². The van der Waals surface area contributed by atoms with Crippen molar-refractivity contribution in [2.24, 2.45) is 5.84 Å². The second-order valence-corrected chi connectivity index (χ2v) is 5.62. The summed E-state index contributed by atoms with van der Waals surface area (Å²) in [4.78, 5) is 11.9. The number of sulfonamides is 1. The molecule has 1 aromatic rings. The van der Waals surface area contributed by atoms with Crippen LogP contribution in [0.1, 0.15) is 6.92 Å². The zero-order valence-corrected chi connectivity index (χ0v) is 12.4. The second-order valence-electron chi connectivity index (χ2n) is 3.94. The van der Waals surface area contributed by atoms with Gasteiger partial charge in [0.2, 0.25) is 0 Å². The molecule has 6 nitrogen and oxygen atoms in total. The Morgan fingerprint density at radius 3 is 2.38 bits per heavy atom. The molecular weight excluding hydrogens is 290 g/mol. The summed E-state index contributed by atoms with van der Waals surface area (Å²) in [5, 5.41) is 0. The average Bonchev–Trinajstić information content (AvgIpc) is 2.47. The predicted molar refractivity (Wildman–Crippen MR) is 82.7 cm³/mol. The van der Waals surface area contributed by atoms with Crippen molar-refractivity contribution in [2.75, 3.05) is 5.43 Å². The van der Waals surface area contributed by atoms with Gasteiger partial charge in [-0.05, 0) is 37.3 Å². The summed E-state index contributed by atoms with van der Waals surface area (Å²) in [5.41, 5.74) is 3.17. The molecule has 112 valence electrons. The predicted octanol–water partition coefficient (Wildman–Crippen LogP) is 1.47. The molecule has 7 heteroatoms. The number of anilines is 1. The van der Waals surface area contributed by atoms with E-state index >= 15 is 0 Å². The van der Waals surface area contributed by atoms with Gasteiger partial charge in [0.15, 0.2) is 0 Å². The summed E-state index contributed by atoms with van der Waals surface area (Å²) in [6.07, 6.45) is 6.01. The van der Waals surface area contributed by atoms with E-state index in [9.17, 15) is 13.2 Å². The van der Waals surface area contributed by atoms with Crippen molar-refractivity contribution >= 4 is 21.6 Å². The molecular formula is C14H17N3O3S. The summed E-state index contributed by atoms with van der Waals surface area (Å²) in [7, 11) is -3.93. The van der Waals surface area contributed by atoms with Crippen molar-refractivity contribution in [1.29, 1.82) is 0 Å². The Kier molecular flexibility index (Phi) is 5.89. The van der Waals surface area contributed by atoms with E-state index in [1.807, 2.05) is 4.72 Å². The fraction of sp³-hybridized carbons (Fsp3) is 0.0714. The van der Waals surface area contributed by atoms with Crippen LogP contribution in [0.2, 0.25) is 0 Å². The van der Waals surface area contributed by atoms with Crippen molar-refractivity contribution in [2.45, 2.75) is 11.8 Å². The lowest BCUT2D eigenvalue weighted by molar-refractivity contribution is -0.115. The Balaban J connectivity index is 2.95. The molecule has 0 radical (unpaired) electrons. The number of rotatable bonds is 6. The molecule has 0 aromatic heterocycles. The number of nitrogens with two attached hydrogens (primary N) is 1. The molecule has 0 spiro atoms. The molecule has 0 heterocycles. The summed E-state index contributed by atoms with van der Waals surface area (Å²) in [6, 6.07) is 5.68. The van der Waals surface area contributed by atoms with Gasteiger partial charge in [-0.1, -0.05) is 24.8 Å². The SMILES string of the molecule is C=C/C=C\C(=C/C)C(=O)NS(=O)(=O)c1ccc(NN)cc1.